The highest BCUT2D eigenvalue weighted by atomic mass is 14.6. The quantitative estimate of drug-likeness (QED) is 0.523. The summed E-state index contributed by atoms with van der Waals surface area (Å²) in [7, 11) is 0. The fourth-order valence-electron chi connectivity index (χ4n) is 0.250. The molecule has 1 rings (SSSR count). The highest BCUT2D eigenvalue weighted by Gasteiger charge is 1.95. The molecule has 0 aromatic carbocycles. The lowest BCUT2D eigenvalue weighted by molar-refractivity contribution is 0.504. The second-order valence-corrected chi connectivity index (χ2v) is 1.99. The van der Waals surface area contributed by atoms with E-state index in [2.05, 4.69) is 0 Å². The molecule has 0 radical (unpaired) electrons. The van der Waals surface area contributed by atoms with Crippen molar-refractivity contribution >= 4 is 0 Å². The second-order valence-electron chi connectivity index (χ2n) is 1.99. The van der Waals surface area contributed by atoms with Crippen LogP contribution < -0.4 is 11.5 Å². The molecule has 1 saturated carbocycles. The molecular weight excluding hydrogens is 100 g/mol. The number of rotatable bonds is 1. The lowest BCUT2D eigenvalue weighted by Crippen LogP contribution is -2.11. The first-order valence-electron chi connectivity index (χ1n) is 3.32. The average molecular weight is 116 g/mol. The number of hydrogen-bond donors (Lipinski definition) is 2. The minimum atomic E-state index is 0.597. The zero-order valence-electron chi connectivity index (χ0n) is 5.40. The van der Waals surface area contributed by atoms with Crippen LogP contribution in [0.3, 0.4) is 0 Å². The van der Waals surface area contributed by atoms with Crippen LogP contribution in [0, 0.1) is 0 Å². The Bertz CT molecular complexity index is 27.5. The summed E-state index contributed by atoms with van der Waals surface area (Å²) in [6, 6.07) is 0. The van der Waals surface area contributed by atoms with Crippen LogP contribution in [0.1, 0.15) is 25.7 Å². The van der Waals surface area contributed by atoms with Gasteiger partial charge in [-0.1, -0.05) is 25.7 Å². The smallest absolute Gasteiger partial charge is 0.00461 e. The third kappa shape index (κ3) is 5.92. The van der Waals surface area contributed by atoms with Gasteiger partial charge in [0.1, 0.15) is 0 Å². The van der Waals surface area contributed by atoms with E-state index in [1.807, 2.05) is 0 Å². The third-order valence-electron chi connectivity index (χ3n) is 1.17. The normalized spacial score (nSPS) is 15.8. The van der Waals surface area contributed by atoms with Crippen molar-refractivity contribution in [3.63, 3.8) is 0 Å². The second kappa shape index (κ2) is 6.92. The van der Waals surface area contributed by atoms with Gasteiger partial charge in [-0.15, -0.1) is 0 Å². The van der Waals surface area contributed by atoms with Crippen LogP contribution in [0.15, 0.2) is 0 Å². The predicted molar refractivity (Wildman–Crippen MR) is 36.6 cm³/mol. The van der Waals surface area contributed by atoms with E-state index in [0.717, 1.165) is 0 Å². The lowest BCUT2D eigenvalue weighted by atomic mass is 10.0. The Labute approximate surface area is 51.2 Å². The molecule has 0 bridgehead atoms. The maximum absolute atomic E-state index is 4.90. The van der Waals surface area contributed by atoms with E-state index in [4.69, 9.17) is 11.5 Å². The molecule has 0 atom stereocenters. The Kier molecular flexibility index (Phi) is 6.85. The van der Waals surface area contributed by atoms with Crippen molar-refractivity contribution in [3.8, 4) is 0 Å². The van der Waals surface area contributed by atoms with Gasteiger partial charge in [-0.3, -0.25) is 0 Å². The first-order chi connectivity index (χ1) is 3.91. The van der Waals surface area contributed by atoms with E-state index >= 15 is 0 Å². The van der Waals surface area contributed by atoms with E-state index in [0.29, 0.717) is 13.1 Å². The van der Waals surface area contributed by atoms with Gasteiger partial charge in [0.05, 0.1) is 0 Å². The minimum Gasteiger partial charge on any atom is -0.329 e. The van der Waals surface area contributed by atoms with Gasteiger partial charge < -0.3 is 11.5 Å². The van der Waals surface area contributed by atoms with Crippen molar-refractivity contribution in [1.29, 1.82) is 0 Å². The standard InChI is InChI=1S/C4H8.C2H8N2/c1-2-4-3-1;3-1-2-4/h2*1-4H2. The largest absolute Gasteiger partial charge is 0.329 e. The summed E-state index contributed by atoms with van der Waals surface area (Å²) in [5.41, 5.74) is 9.81. The van der Waals surface area contributed by atoms with Gasteiger partial charge in [0, 0.05) is 13.1 Å². The van der Waals surface area contributed by atoms with Crippen LogP contribution in [0.25, 0.3) is 0 Å². The molecule has 1 aliphatic rings. The molecule has 0 aliphatic heterocycles. The van der Waals surface area contributed by atoms with E-state index in [-0.39, 0.29) is 0 Å². The summed E-state index contributed by atoms with van der Waals surface area (Å²) >= 11 is 0. The first kappa shape index (κ1) is 7.92. The van der Waals surface area contributed by atoms with E-state index < -0.39 is 0 Å². The Hall–Kier alpha value is -0.0800. The summed E-state index contributed by atoms with van der Waals surface area (Å²) in [6.07, 6.45) is 6.00. The van der Waals surface area contributed by atoms with Crippen molar-refractivity contribution in [2.45, 2.75) is 25.7 Å². The Morgan fingerprint density at radius 1 is 0.750 bits per heavy atom. The summed E-state index contributed by atoms with van der Waals surface area (Å²) in [5.74, 6) is 0. The van der Waals surface area contributed by atoms with Gasteiger partial charge in [0.15, 0.2) is 0 Å². The summed E-state index contributed by atoms with van der Waals surface area (Å²) < 4.78 is 0. The molecule has 8 heavy (non-hydrogen) atoms. The molecule has 0 aromatic rings. The van der Waals surface area contributed by atoms with Gasteiger partial charge in [-0.25, -0.2) is 0 Å². The van der Waals surface area contributed by atoms with Crippen LogP contribution in [0.5, 0.6) is 0 Å². The van der Waals surface area contributed by atoms with E-state index in [1.165, 1.54) is 25.7 Å². The first-order valence-corrected chi connectivity index (χ1v) is 3.32. The molecule has 2 nitrogen and oxygen atoms in total. The van der Waals surface area contributed by atoms with Gasteiger partial charge in [-0.2, -0.15) is 0 Å². The molecule has 1 aliphatic carbocycles. The summed E-state index contributed by atoms with van der Waals surface area (Å²) in [6.45, 7) is 1.19. The molecular formula is C6H16N2. The predicted octanol–water partition coefficient (Wildman–Crippen LogP) is 0.464. The minimum absolute atomic E-state index is 0.597. The molecule has 0 amide bonds. The highest BCUT2D eigenvalue weighted by Crippen LogP contribution is 2.15. The number of hydrogen-bond acceptors (Lipinski definition) is 2. The molecule has 0 spiro atoms. The maximum Gasteiger partial charge on any atom is 0.00461 e. The molecule has 1 fully saturated rings. The fraction of sp³-hybridized carbons (Fsp3) is 1.00. The molecule has 0 unspecified atom stereocenters. The average Bonchev–Trinajstić information content (AvgIpc) is 1.61. The Morgan fingerprint density at radius 2 is 1.00 bits per heavy atom. The van der Waals surface area contributed by atoms with Crippen molar-refractivity contribution in [3.05, 3.63) is 0 Å². The van der Waals surface area contributed by atoms with E-state index in [1.54, 1.807) is 0 Å². The van der Waals surface area contributed by atoms with Crippen molar-refractivity contribution < 1.29 is 0 Å². The van der Waals surface area contributed by atoms with Gasteiger partial charge in [-0.05, 0) is 0 Å². The van der Waals surface area contributed by atoms with Crippen LogP contribution in [0.2, 0.25) is 0 Å². The summed E-state index contributed by atoms with van der Waals surface area (Å²) in [5, 5.41) is 0. The zero-order valence-corrected chi connectivity index (χ0v) is 5.40. The maximum atomic E-state index is 4.90. The molecule has 0 heterocycles. The van der Waals surface area contributed by atoms with E-state index in [9.17, 15) is 0 Å². The van der Waals surface area contributed by atoms with Gasteiger partial charge in [0.25, 0.3) is 0 Å². The zero-order chi connectivity index (χ0) is 6.24. The molecule has 50 valence electrons. The van der Waals surface area contributed by atoms with Crippen molar-refractivity contribution in [2.24, 2.45) is 11.5 Å². The fourth-order valence-corrected chi connectivity index (χ4v) is 0.250. The topological polar surface area (TPSA) is 52.0 Å². The Morgan fingerprint density at radius 3 is 1.00 bits per heavy atom. The monoisotopic (exact) mass is 116 g/mol. The highest BCUT2D eigenvalue weighted by molar-refractivity contribution is 4.50. The van der Waals surface area contributed by atoms with Crippen LogP contribution in [0.4, 0.5) is 0 Å². The number of nitrogens with two attached hydrogens (primary N) is 2. The van der Waals surface area contributed by atoms with Crippen LogP contribution in [-0.2, 0) is 0 Å². The molecule has 4 N–H and O–H groups in total. The third-order valence-corrected chi connectivity index (χ3v) is 1.17. The SMILES string of the molecule is C1CCC1.NCCN. The molecule has 0 saturated heterocycles. The van der Waals surface area contributed by atoms with Gasteiger partial charge >= 0.3 is 0 Å². The molecule has 0 aromatic heterocycles. The Balaban J connectivity index is 0.000000122. The van der Waals surface area contributed by atoms with Crippen LogP contribution in [-0.4, -0.2) is 13.1 Å². The van der Waals surface area contributed by atoms with Gasteiger partial charge in [0.2, 0.25) is 0 Å². The molecule has 2 heteroatoms. The lowest BCUT2D eigenvalue weighted by Gasteiger charge is -2.05. The van der Waals surface area contributed by atoms with Crippen LogP contribution >= 0.6 is 0 Å². The summed E-state index contributed by atoms with van der Waals surface area (Å²) in [4.78, 5) is 0. The van der Waals surface area contributed by atoms with Crippen molar-refractivity contribution in [1.82, 2.24) is 0 Å². The van der Waals surface area contributed by atoms with Crippen molar-refractivity contribution in [2.75, 3.05) is 13.1 Å².